The van der Waals surface area contributed by atoms with E-state index in [4.69, 9.17) is 9.47 Å². The highest BCUT2D eigenvalue weighted by Crippen LogP contribution is 2.26. The zero-order valence-corrected chi connectivity index (χ0v) is 19.2. The highest BCUT2D eigenvalue weighted by atomic mass is 19.3. The lowest BCUT2D eigenvalue weighted by Crippen LogP contribution is -2.43. The van der Waals surface area contributed by atoms with Crippen molar-refractivity contribution in [1.29, 1.82) is 0 Å². The van der Waals surface area contributed by atoms with E-state index >= 15 is 0 Å². The summed E-state index contributed by atoms with van der Waals surface area (Å²) in [6.45, 7) is -2.14. The summed E-state index contributed by atoms with van der Waals surface area (Å²) in [4.78, 5) is 39.1. The first kappa shape index (κ1) is 25.9. The molecule has 0 aliphatic carbocycles. The number of nitrogens with zero attached hydrogens (tertiary/aromatic N) is 1. The quantitative estimate of drug-likeness (QED) is 0.514. The van der Waals surface area contributed by atoms with Gasteiger partial charge in [0.05, 0.1) is 18.1 Å². The topological polar surface area (TPSA) is 106 Å². The number of nitrogens with one attached hydrogen (secondary N) is 2. The number of para-hydroxylation sites is 1. The first-order valence-corrected chi connectivity index (χ1v) is 11.0. The summed E-state index contributed by atoms with van der Waals surface area (Å²) in [6, 6.07) is 12.4. The SMILES string of the molecule is COCCOC(=O)Nc1cccc(NC(=O)C2CCCN(C(=O)c3ccccc3OC(F)F)C2)c1. The molecule has 1 fully saturated rings. The molecule has 1 aliphatic rings. The van der Waals surface area contributed by atoms with E-state index in [0.29, 0.717) is 30.8 Å². The summed E-state index contributed by atoms with van der Waals surface area (Å²) in [5, 5.41) is 5.37. The smallest absolute Gasteiger partial charge is 0.411 e. The maximum absolute atomic E-state index is 13.0. The van der Waals surface area contributed by atoms with Crippen LogP contribution in [0.25, 0.3) is 0 Å². The molecule has 9 nitrogen and oxygen atoms in total. The maximum Gasteiger partial charge on any atom is 0.411 e. The molecule has 1 atom stereocenters. The van der Waals surface area contributed by atoms with Crippen molar-refractivity contribution in [2.24, 2.45) is 5.92 Å². The van der Waals surface area contributed by atoms with Crippen LogP contribution >= 0.6 is 0 Å². The van der Waals surface area contributed by atoms with Crippen LogP contribution in [0.1, 0.15) is 23.2 Å². The number of carbonyl (C=O) groups excluding carboxylic acids is 3. The molecule has 0 saturated carbocycles. The number of amides is 3. The molecule has 2 aromatic rings. The Bertz CT molecular complexity index is 1040. The predicted molar refractivity (Wildman–Crippen MR) is 124 cm³/mol. The second-order valence-electron chi connectivity index (χ2n) is 7.79. The van der Waals surface area contributed by atoms with Crippen molar-refractivity contribution in [2.45, 2.75) is 19.5 Å². The number of carbonyl (C=O) groups is 3. The van der Waals surface area contributed by atoms with Crippen LogP contribution in [0.15, 0.2) is 48.5 Å². The zero-order valence-electron chi connectivity index (χ0n) is 19.2. The second-order valence-corrected chi connectivity index (χ2v) is 7.79. The molecule has 3 rings (SSSR count). The van der Waals surface area contributed by atoms with Gasteiger partial charge in [-0.05, 0) is 43.2 Å². The molecule has 1 aliphatic heterocycles. The van der Waals surface area contributed by atoms with E-state index < -0.39 is 24.5 Å². The minimum Gasteiger partial charge on any atom is -0.447 e. The van der Waals surface area contributed by atoms with Gasteiger partial charge in [-0.2, -0.15) is 8.78 Å². The fourth-order valence-corrected chi connectivity index (χ4v) is 3.68. The Morgan fingerprint density at radius 2 is 1.80 bits per heavy atom. The van der Waals surface area contributed by atoms with Crippen LogP contribution in [-0.2, 0) is 14.3 Å². The van der Waals surface area contributed by atoms with Crippen molar-refractivity contribution in [2.75, 3.05) is 44.0 Å². The van der Waals surface area contributed by atoms with E-state index in [0.717, 1.165) is 0 Å². The molecular formula is C24H27F2N3O6. The number of hydrogen-bond donors (Lipinski definition) is 2. The third kappa shape index (κ3) is 7.64. The molecule has 0 spiro atoms. The third-order valence-electron chi connectivity index (χ3n) is 5.31. The minimum absolute atomic E-state index is 0.0185. The summed E-state index contributed by atoms with van der Waals surface area (Å²) in [6.07, 6.45) is 0.494. The number of alkyl halides is 2. The summed E-state index contributed by atoms with van der Waals surface area (Å²) >= 11 is 0. The Balaban J connectivity index is 1.60. The van der Waals surface area contributed by atoms with Gasteiger partial charge < -0.3 is 24.4 Å². The average Bonchev–Trinajstić information content (AvgIpc) is 2.84. The second kappa shape index (κ2) is 12.7. The molecule has 2 N–H and O–H groups in total. The van der Waals surface area contributed by atoms with Gasteiger partial charge in [0.15, 0.2) is 0 Å². The van der Waals surface area contributed by atoms with Crippen LogP contribution in [0, 0.1) is 5.92 Å². The van der Waals surface area contributed by atoms with Gasteiger partial charge in [0.25, 0.3) is 5.91 Å². The highest BCUT2D eigenvalue weighted by Gasteiger charge is 2.30. The van der Waals surface area contributed by atoms with Gasteiger partial charge in [-0.3, -0.25) is 14.9 Å². The van der Waals surface area contributed by atoms with E-state index in [1.165, 1.54) is 30.2 Å². The summed E-state index contributed by atoms with van der Waals surface area (Å²) in [5.74, 6) is -1.47. The van der Waals surface area contributed by atoms with E-state index in [9.17, 15) is 23.2 Å². The summed E-state index contributed by atoms with van der Waals surface area (Å²) < 4.78 is 39.7. The van der Waals surface area contributed by atoms with Gasteiger partial charge >= 0.3 is 12.7 Å². The number of likely N-dealkylation sites (tertiary alicyclic amines) is 1. The minimum atomic E-state index is -3.05. The van der Waals surface area contributed by atoms with Crippen LogP contribution in [0.3, 0.4) is 0 Å². The predicted octanol–water partition coefficient (Wildman–Crippen LogP) is 3.97. The molecule has 2 aromatic carbocycles. The van der Waals surface area contributed by atoms with Crippen molar-refractivity contribution in [3.63, 3.8) is 0 Å². The normalized spacial score (nSPS) is 15.4. The largest absolute Gasteiger partial charge is 0.447 e. The van der Waals surface area contributed by atoms with Gasteiger partial charge in [0, 0.05) is 31.6 Å². The highest BCUT2D eigenvalue weighted by molar-refractivity contribution is 5.98. The molecule has 0 aromatic heterocycles. The number of anilines is 2. The Morgan fingerprint density at radius 1 is 1.06 bits per heavy atom. The van der Waals surface area contributed by atoms with E-state index in [1.807, 2.05) is 0 Å². The van der Waals surface area contributed by atoms with E-state index in [2.05, 4.69) is 15.4 Å². The lowest BCUT2D eigenvalue weighted by atomic mass is 9.96. The van der Waals surface area contributed by atoms with Crippen molar-refractivity contribution < 1.29 is 37.4 Å². The molecule has 35 heavy (non-hydrogen) atoms. The lowest BCUT2D eigenvalue weighted by molar-refractivity contribution is -0.121. The number of halogens is 2. The van der Waals surface area contributed by atoms with E-state index in [-0.39, 0.29) is 37.0 Å². The van der Waals surface area contributed by atoms with Gasteiger partial charge in [0.2, 0.25) is 5.91 Å². The monoisotopic (exact) mass is 491 g/mol. The van der Waals surface area contributed by atoms with Crippen molar-refractivity contribution in [3.05, 3.63) is 54.1 Å². The van der Waals surface area contributed by atoms with Crippen LogP contribution in [0.2, 0.25) is 0 Å². The molecule has 0 radical (unpaired) electrons. The lowest BCUT2D eigenvalue weighted by Gasteiger charge is -2.32. The van der Waals surface area contributed by atoms with Crippen LogP contribution < -0.4 is 15.4 Å². The molecule has 11 heteroatoms. The Kier molecular flexibility index (Phi) is 9.36. The molecule has 1 unspecified atom stereocenters. The molecule has 1 saturated heterocycles. The molecule has 1 heterocycles. The van der Waals surface area contributed by atoms with Crippen LogP contribution in [0.4, 0.5) is 25.0 Å². The van der Waals surface area contributed by atoms with Gasteiger partial charge in [-0.25, -0.2) is 4.79 Å². The molecule has 188 valence electrons. The number of rotatable bonds is 9. The molecule has 0 bridgehead atoms. The number of piperidine rings is 1. The van der Waals surface area contributed by atoms with Gasteiger partial charge in [-0.15, -0.1) is 0 Å². The third-order valence-corrected chi connectivity index (χ3v) is 5.31. The van der Waals surface area contributed by atoms with Crippen LogP contribution in [0.5, 0.6) is 5.75 Å². The van der Waals surface area contributed by atoms with Crippen LogP contribution in [-0.4, -0.2) is 62.8 Å². The number of ether oxygens (including phenoxy) is 3. The molecule has 3 amide bonds. The number of methoxy groups -OCH3 is 1. The van der Waals surface area contributed by atoms with Crippen molar-refractivity contribution in [1.82, 2.24) is 4.90 Å². The average molecular weight is 491 g/mol. The maximum atomic E-state index is 13.0. The summed E-state index contributed by atoms with van der Waals surface area (Å²) in [7, 11) is 1.50. The molecular weight excluding hydrogens is 464 g/mol. The Labute approximate surface area is 201 Å². The standard InChI is InChI=1S/C24H27F2N3O6/c1-33-12-13-34-24(32)28-18-8-4-7-17(14-18)27-21(30)16-6-5-11-29(15-16)22(31)19-9-2-3-10-20(19)35-23(25)26/h2-4,7-10,14,16,23H,5-6,11-13,15H2,1H3,(H,27,30)(H,28,32). The number of hydrogen-bond acceptors (Lipinski definition) is 6. The van der Waals surface area contributed by atoms with E-state index in [1.54, 1.807) is 30.3 Å². The zero-order chi connectivity index (χ0) is 25.2. The van der Waals surface area contributed by atoms with Crippen molar-refractivity contribution >= 4 is 29.3 Å². The Hall–Kier alpha value is -3.73. The summed E-state index contributed by atoms with van der Waals surface area (Å²) in [5.41, 5.74) is 0.912. The van der Waals surface area contributed by atoms with Crippen molar-refractivity contribution in [3.8, 4) is 5.75 Å². The van der Waals surface area contributed by atoms with Gasteiger partial charge in [-0.1, -0.05) is 18.2 Å². The fourth-order valence-electron chi connectivity index (χ4n) is 3.68. The van der Waals surface area contributed by atoms with Gasteiger partial charge in [0.1, 0.15) is 12.4 Å². The Morgan fingerprint density at radius 3 is 2.54 bits per heavy atom. The first-order valence-electron chi connectivity index (χ1n) is 11.0. The first-order chi connectivity index (χ1) is 16.9. The fraction of sp³-hybridized carbons (Fsp3) is 0.375. The number of benzene rings is 2.